The average molecular weight is 240 g/mol. The molecule has 0 spiro atoms. The predicted molar refractivity (Wildman–Crippen MR) is 75.9 cm³/mol. The first-order valence-electron chi connectivity index (χ1n) is 6.50. The zero-order valence-electron chi connectivity index (χ0n) is 11.1. The van der Waals surface area contributed by atoms with Crippen molar-refractivity contribution in [3.8, 4) is 5.75 Å². The number of hydrogen-bond donors (Lipinski definition) is 1. The van der Waals surface area contributed by atoms with E-state index in [-0.39, 0.29) is 0 Å². The number of para-hydroxylation sites is 1. The Morgan fingerprint density at radius 1 is 0.833 bits per heavy atom. The van der Waals surface area contributed by atoms with Crippen LogP contribution in [-0.4, -0.2) is 5.11 Å². The first kappa shape index (κ1) is 12.7. The summed E-state index contributed by atoms with van der Waals surface area (Å²) >= 11 is 0. The van der Waals surface area contributed by atoms with E-state index >= 15 is 0 Å². The Labute approximate surface area is 109 Å². The molecule has 0 heterocycles. The highest BCUT2D eigenvalue weighted by atomic mass is 16.3. The van der Waals surface area contributed by atoms with Crippen LogP contribution in [0.15, 0.2) is 48.5 Å². The van der Waals surface area contributed by atoms with Gasteiger partial charge in [-0.3, -0.25) is 0 Å². The van der Waals surface area contributed by atoms with Crippen LogP contribution in [0.3, 0.4) is 0 Å². The molecule has 0 bridgehead atoms. The maximum Gasteiger partial charge on any atom is 0.119 e. The van der Waals surface area contributed by atoms with Crippen LogP contribution >= 0.6 is 0 Å². The molecule has 0 saturated carbocycles. The largest absolute Gasteiger partial charge is 0.508 e. The number of rotatable bonds is 4. The van der Waals surface area contributed by atoms with Crippen molar-refractivity contribution in [3.63, 3.8) is 0 Å². The topological polar surface area (TPSA) is 20.2 Å². The molecule has 0 unspecified atom stereocenters. The van der Waals surface area contributed by atoms with Crippen molar-refractivity contribution < 1.29 is 5.11 Å². The molecule has 18 heavy (non-hydrogen) atoms. The molecule has 0 amide bonds. The molecule has 0 aromatic heterocycles. The lowest BCUT2D eigenvalue weighted by Gasteiger charge is -2.12. The Morgan fingerprint density at radius 2 is 1.39 bits per heavy atom. The summed E-state index contributed by atoms with van der Waals surface area (Å²) in [7, 11) is 0. The van der Waals surface area contributed by atoms with E-state index in [1.54, 1.807) is 6.07 Å². The van der Waals surface area contributed by atoms with Crippen molar-refractivity contribution in [2.45, 2.75) is 26.7 Å². The van der Waals surface area contributed by atoms with Gasteiger partial charge in [0.15, 0.2) is 0 Å². The minimum Gasteiger partial charge on any atom is -0.508 e. The average Bonchev–Trinajstić information content (AvgIpc) is 2.34. The number of phenolic OH excluding ortho intramolecular Hbond substituents is 1. The maximum absolute atomic E-state index is 9.84. The van der Waals surface area contributed by atoms with Gasteiger partial charge in [-0.1, -0.05) is 56.3 Å². The van der Waals surface area contributed by atoms with Crippen molar-refractivity contribution in [1.82, 2.24) is 0 Å². The monoisotopic (exact) mass is 240 g/mol. The van der Waals surface area contributed by atoms with E-state index in [9.17, 15) is 5.11 Å². The van der Waals surface area contributed by atoms with Gasteiger partial charge in [0.2, 0.25) is 0 Å². The van der Waals surface area contributed by atoms with Crippen LogP contribution in [-0.2, 0) is 12.8 Å². The van der Waals surface area contributed by atoms with Gasteiger partial charge in [0.1, 0.15) is 5.75 Å². The summed E-state index contributed by atoms with van der Waals surface area (Å²) in [6, 6.07) is 16.1. The highest BCUT2D eigenvalue weighted by Gasteiger charge is 2.07. The molecule has 1 heteroatoms. The highest BCUT2D eigenvalue weighted by molar-refractivity contribution is 5.39. The molecule has 2 aromatic carbocycles. The van der Waals surface area contributed by atoms with Crippen molar-refractivity contribution in [2.24, 2.45) is 5.92 Å². The van der Waals surface area contributed by atoms with Crippen LogP contribution < -0.4 is 0 Å². The van der Waals surface area contributed by atoms with Gasteiger partial charge in [0.25, 0.3) is 0 Å². The molecular formula is C17H20O. The zero-order chi connectivity index (χ0) is 13.0. The second-order valence-corrected chi connectivity index (χ2v) is 5.17. The van der Waals surface area contributed by atoms with Crippen LogP contribution in [0.4, 0.5) is 0 Å². The summed E-state index contributed by atoms with van der Waals surface area (Å²) in [6.45, 7) is 4.47. The highest BCUT2D eigenvalue weighted by Crippen LogP contribution is 2.22. The van der Waals surface area contributed by atoms with Gasteiger partial charge in [-0.15, -0.1) is 0 Å². The van der Waals surface area contributed by atoms with E-state index in [0.717, 1.165) is 18.4 Å². The van der Waals surface area contributed by atoms with Gasteiger partial charge in [0.05, 0.1) is 0 Å². The van der Waals surface area contributed by atoms with Crippen LogP contribution in [0, 0.1) is 5.92 Å². The molecule has 0 radical (unpaired) electrons. The molecule has 94 valence electrons. The summed E-state index contributed by atoms with van der Waals surface area (Å²) in [6.07, 6.45) is 1.89. The molecule has 0 aliphatic rings. The summed E-state index contributed by atoms with van der Waals surface area (Å²) < 4.78 is 0. The molecular weight excluding hydrogens is 220 g/mol. The van der Waals surface area contributed by atoms with Crippen molar-refractivity contribution in [1.29, 1.82) is 0 Å². The van der Waals surface area contributed by atoms with Crippen molar-refractivity contribution in [3.05, 3.63) is 65.2 Å². The fourth-order valence-corrected chi connectivity index (χ4v) is 2.23. The van der Waals surface area contributed by atoms with E-state index in [4.69, 9.17) is 0 Å². The lowest BCUT2D eigenvalue weighted by atomic mass is 9.94. The standard InChI is InChI=1S/C17H20O/c1-13(2)11-14-7-3-4-8-15(14)12-16-9-5-6-10-17(16)18/h3-10,13,18H,11-12H2,1-2H3. The van der Waals surface area contributed by atoms with Crippen LogP contribution in [0.1, 0.15) is 30.5 Å². The summed E-state index contributed by atoms with van der Waals surface area (Å²) in [5.74, 6) is 1.03. The fraction of sp³-hybridized carbons (Fsp3) is 0.294. The first-order valence-corrected chi connectivity index (χ1v) is 6.50. The molecule has 0 saturated heterocycles. The Balaban J connectivity index is 2.26. The smallest absolute Gasteiger partial charge is 0.119 e. The van der Waals surface area contributed by atoms with Gasteiger partial charge in [-0.25, -0.2) is 0 Å². The third-order valence-corrected chi connectivity index (χ3v) is 3.12. The third kappa shape index (κ3) is 3.13. The van der Waals surface area contributed by atoms with E-state index in [0.29, 0.717) is 11.7 Å². The second kappa shape index (κ2) is 5.72. The summed E-state index contributed by atoms with van der Waals surface area (Å²) in [5, 5.41) is 9.84. The van der Waals surface area contributed by atoms with Crippen molar-refractivity contribution in [2.75, 3.05) is 0 Å². The van der Waals surface area contributed by atoms with Crippen molar-refractivity contribution >= 4 is 0 Å². The van der Waals surface area contributed by atoms with Gasteiger partial charge in [-0.2, -0.15) is 0 Å². The predicted octanol–water partition coefficient (Wildman–Crippen LogP) is 4.18. The first-order chi connectivity index (χ1) is 8.66. The second-order valence-electron chi connectivity index (χ2n) is 5.17. The number of aromatic hydroxyl groups is 1. The molecule has 1 nitrogen and oxygen atoms in total. The van der Waals surface area contributed by atoms with E-state index in [1.807, 2.05) is 18.2 Å². The minimum atomic E-state index is 0.386. The van der Waals surface area contributed by atoms with Crippen LogP contribution in [0.2, 0.25) is 0 Å². The third-order valence-electron chi connectivity index (χ3n) is 3.12. The zero-order valence-corrected chi connectivity index (χ0v) is 11.1. The number of phenols is 1. The molecule has 0 atom stereocenters. The van der Waals surface area contributed by atoms with E-state index in [2.05, 4.69) is 38.1 Å². The van der Waals surface area contributed by atoms with Gasteiger partial charge < -0.3 is 5.11 Å². The van der Waals surface area contributed by atoms with E-state index < -0.39 is 0 Å². The van der Waals surface area contributed by atoms with Crippen LogP contribution in [0.5, 0.6) is 5.75 Å². The Kier molecular flexibility index (Phi) is 4.03. The van der Waals surface area contributed by atoms with Gasteiger partial charge in [0, 0.05) is 6.42 Å². The molecule has 0 fully saturated rings. The quantitative estimate of drug-likeness (QED) is 0.850. The molecule has 2 aromatic rings. The lowest BCUT2D eigenvalue weighted by molar-refractivity contribution is 0.469. The van der Waals surface area contributed by atoms with Gasteiger partial charge in [-0.05, 0) is 35.1 Å². The molecule has 0 aliphatic carbocycles. The summed E-state index contributed by atoms with van der Waals surface area (Å²) in [4.78, 5) is 0. The minimum absolute atomic E-state index is 0.386. The molecule has 0 aliphatic heterocycles. The Bertz CT molecular complexity index is 515. The molecule has 1 N–H and O–H groups in total. The fourth-order valence-electron chi connectivity index (χ4n) is 2.23. The number of benzene rings is 2. The van der Waals surface area contributed by atoms with Gasteiger partial charge >= 0.3 is 0 Å². The normalized spacial score (nSPS) is 10.8. The Hall–Kier alpha value is -1.76. The lowest BCUT2D eigenvalue weighted by Crippen LogP contribution is -2.00. The SMILES string of the molecule is CC(C)Cc1ccccc1Cc1ccccc1O. The summed E-state index contributed by atoms with van der Waals surface area (Å²) in [5.41, 5.74) is 3.69. The van der Waals surface area contributed by atoms with Crippen LogP contribution in [0.25, 0.3) is 0 Å². The molecule has 2 rings (SSSR count). The Morgan fingerprint density at radius 3 is 2.00 bits per heavy atom. The van der Waals surface area contributed by atoms with E-state index in [1.165, 1.54) is 11.1 Å². The number of hydrogen-bond acceptors (Lipinski definition) is 1. The maximum atomic E-state index is 9.84.